The van der Waals surface area contributed by atoms with E-state index in [9.17, 15) is 9.18 Å². The van der Waals surface area contributed by atoms with Gasteiger partial charge >= 0.3 is 0 Å². The molecule has 2 heterocycles. The van der Waals surface area contributed by atoms with E-state index in [0.717, 1.165) is 17.0 Å². The molecule has 0 fully saturated rings. The molecular formula is C21H17FN4O2S. The molecule has 1 N–H and O–H groups in total. The lowest BCUT2D eigenvalue weighted by molar-refractivity contribution is -0.118. The maximum Gasteiger partial charge on any atom is 0.263 e. The van der Waals surface area contributed by atoms with Crippen LogP contribution in [0.3, 0.4) is 0 Å². The number of carbonyl (C=O) groups is 1. The lowest BCUT2D eigenvalue weighted by atomic mass is 10.2. The van der Waals surface area contributed by atoms with Crippen molar-refractivity contribution in [3.63, 3.8) is 0 Å². The number of amides is 1. The van der Waals surface area contributed by atoms with Crippen molar-refractivity contribution in [2.45, 2.75) is 6.92 Å². The number of aryl methyl sites for hydroxylation is 1. The molecule has 0 saturated heterocycles. The highest BCUT2D eigenvalue weighted by molar-refractivity contribution is 7.12. The second-order valence-corrected chi connectivity index (χ2v) is 7.07. The molecule has 0 saturated carbocycles. The molecule has 1 amide bonds. The van der Waals surface area contributed by atoms with Crippen molar-refractivity contribution in [3.8, 4) is 22.1 Å². The topological polar surface area (TPSA) is 69.0 Å². The van der Waals surface area contributed by atoms with Gasteiger partial charge in [-0.25, -0.2) is 9.37 Å². The molecule has 0 radical (unpaired) electrons. The van der Waals surface area contributed by atoms with Gasteiger partial charge in [0.25, 0.3) is 5.91 Å². The van der Waals surface area contributed by atoms with Crippen molar-refractivity contribution in [1.82, 2.24) is 14.8 Å². The monoisotopic (exact) mass is 408 g/mol. The number of anilines is 1. The molecule has 0 aliphatic carbocycles. The Morgan fingerprint density at radius 2 is 1.93 bits per heavy atom. The number of carbonyl (C=O) groups excluding carboxylic acids is 1. The Balaban J connectivity index is 1.49. The van der Waals surface area contributed by atoms with Crippen molar-refractivity contribution in [2.24, 2.45) is 0 Å². The van der Waals surface area contributed by atoms with E-state index in [-0.39, 0.29) is 12.4 Å². The first-order chi connectivity index (χ1) is 14.1. The van der Waals surface area contributed by atoms with Gasteiger partial charge < -0.3 is 10.1 Å². The molecule has 4 aromatic rings. The molecule has 0 bridgehead atoms. The summed E-state index contributed by atoms with van der Waals surface area (Å²) in [4.78, 5) is 16.9. The summed E-state index contributed by atoms with van der Waals surface area (Å²) in [6.45, 7) is 1.51. The van der Waals surface area contributed by atoms with E-state index < -0.39 is 11.7 Å². The highest BCUT2D eigenvalue weighted by Gasteiger charge is 2.15. The van der Waals surface area contributed by atoms with Gasteiger partial charge in [-0.1, -0.05) is 42.5 Å². The zero-order valence-corrected chi connectivity index (χ0v) is 16.3. The molecule has 2 aromatic carbocycles. The van der Waals surface area contributed by atoms with Crippen LogP contribution in [0.4, 0.5) is 10.2 Å². The minimum Gasteiger partial charge on any atom is -0.481 e. The number of hydrogen-bond donors (Lipinski definition) is 1. The van der Waals surface area contributed by atoms with Crippen molar-refractivity contribution in [2.75, 3.05) is 11.9 Å². The minimum absolute atomic E-state index is 0.0276. The Morgan fingerprint density at radius 3 is 2.72 bits per heavy atom. The van der Waals surface area contributed by atoms with E-state index in [4.69, 9.17) is 4.74 Å². The summed E-state index contributed by atoms with van der Waals surface area (Å²) in [5, 5.41) is 9.74. The van der Waals surface area contributed by atoms with Gasteiger partial charge in [-0.3, -0.25) is 4.79 Å². The average molecular weight is 408 g/mol. The fourth-order valence-electron chi connectivity index (χ4n) is 2.72. The van der Waals surface area contributed by atoms with Crippen LogP contribution >= 0.6 is 11.3 Å². The third-order valence-corrected chi connectivity index (χ3v) is 4.85. The quantitative estimate of drug-likeness (QED) is 0.511. The summed E-state index contributed by atoms with van der Waals surface area (Å²) in [5.41, 5.74) is 2.56. The number of hydrogen-bond acceptors (Lipinski definition) is 5. The Kier molecular flexibility index (Phi) is 5.35. The van der Waals surface area contributed by atoms with Crippen LogP contribution < -0.4 is 10.1 Å². The first-order valence-corrected chi connectivity index (χ1v) is 9.73. The molecule has 0 atom stereocenters. The Labute approximate surface area is 170 Å². The Bertz CT molecular complexity index is 1140. The third-order valence-electron chi connectivity index (χ3n) is 4.04. The van der Waals surface area contributed by atoms with Crippen LogP contribution in [0.2, 0.25) is 0 Å². The SMILES string of the molecule is Cc1cc(NC(=O)COc2ccccc2F)n(-c2nc(-c3ccccc3)cs2)n1. The van der Waals surface area contributed by atoms with Gasteiger partial charge in [-0.15, -0.1) is 11.3 Å². The molecule has 0 unspecified atom stereocenters. The van der Waals surface area contributed by atoms with Crippen LogP contribution in [-0.2, 0) is 4.79 Å². The largest absolute Gasteiger partial charge is 0.481 e. The molecule has 0 aliphatic rings. The number of thiazole rings is 1. The third kappa shape index (κ3) is 4.33. The van der Waals surface area contributed by atoms with Crippen LogP contribution in [-0.4, -0.2) is 27.3 Å². The number of aromatic nitrogens is 3. The fraction of sp³-hybridized carbons (Fsp3) is 0.0952. The van der Waals surface area contributed by atoms with Gasteiger partial charge in [-0.2, -0.15) is 9.78 Å². The first kappa shape index (κ1) is 18.8. The maximum atomic E-state index is 13.6. The zero-order chi connectivity index (χ0) is 20.2. The Morgan fingerprint density at radius 1 is 1.17 bits per heavy atom. The number of nitrogens with zero attached hydrogens (tertiary/aromatic N) is 3. The Hall–Kier alpha value is -3.52. The summed E-state index contributed by atoms with van der Waals surface area (Å²) < 4.78 is 20.5. The fourth-order valence-corrected chi connectivity index (χ4v) is 3.52. The van der Waals surface area contributed by atoms with Gasteiger partial charge in [0, 0.05) is 17.0 Å². The lowest BCUT2D eigenvalue weighted by Crippen LogP contribution is -2.22. The van der Waals surface area contributed by atoms with Crippen molar-refractivity contribution in [3.05, 3.63) is 77.6 Å². The molecule has 6 nitrogen and oxygen atoms in total. The number of halogens is 1. The summed E-state index contributed by atoms with van der Waals surface area (Å²) in [6, 6.07) is 17.5. The van der Waals surface area contributed by atoms with E-state index in [1.54, 1.807) is 22.9 Å². The molecule has 0 spiro atoms. The first-order valence-electron chi connectivity index (χ1n) is 8.85. The summed E-state index contributed by atoms with van der Waals surface area (Å²) in [7, 11) is 0. The van der Waals surface area contributed by atoms with Gasteiger partial charge in [0.1, 0.15) is 5.82 Å². The summed E-state index contributed by atoms with van der Waals surface area (Å²) >= 11 is 1.42. The van der Waals surface area contributed by atoms with Gasteiger partial charge in [-0.05, 0) is 19.1 Å². The van der Waals surface area contributed by atoms with Crippen LogP contribution in [0.1, 0.15) is 5.69 Å². The smallest absolute Gasteiger partial charge is 0.263 e. The van der Waals surface area contributed by atoms with Gasteiger partial charge in [0.15, 0.2) is 18.2 Å². The van der Waals surface area contributed by atoms with Crippen molar-refractivity contribution < 1.29 is 13.9 Å². The van der Waals surface area contributed by atoms with Crippen LogP contribution in [0.25, 0.3) is 16.4 Å². The van der Waals surface area contributed by atoms with Crippen LogP contribution in [0.5, 0.6) is 5.75 Å². The average Bonchev–Trinajstić information content (AvgIpc) is 3.35. The van der Waals surface area contributed by atoms with Gasteiger partial charge in [0.05, 0.1) is 11.4 Å². The summed E-state index contributed by atoms with van der Waals surface area (Å²) in [5.74, 6) is -0.440. The predicted molar refractivity (Wildman–Crippen MR) is 110 cm³/mol. The van der Waals surface area contributed by atoms with E-state index in [1.807, 2.05) is 42.6 Å². The highest BCUT2D eigenvalue weighted by Crippen LogP contribution is 2.26. The minimum atomic E-state index is -0.516. The maximum absolute atomic E-state index is 13.6. The molecule has 8 heteroatoms. The van der Waals surface area contributed by atoms with E-state index in [0.29, 0.717) is 10.9 Å². The molecule has 0 aliphatic heterocycles. The molecule has 4 rings (SSSR count). The number of ether oxygens (including phenoxy) is 1. The second-order valence-electron chi connectivity index (χ2n) is 6.23. The standard InChI is InChI=1S/C21H17FN4O2S/c1-14-11-19(24-20(27)12-28-18-10-6-5-9-16(18)22)26(25-14)21-23-17(13-29-21)15-7-3-2-4-8-15/h2-11,13H,12H2,1H3,(H,24,27). The van der Waals surface area contributed by atoms with E-state index in [2.05, 4.69) is 15.4 Å². The molecule has 146 valence electrons. The normalized spacial score (nSPS) is 10.7. The second kappa shape index (κ2) is 8.24. The number of benzene rings is 2. The summed E-state index contributed by atoms with van der Waals surface area (Å²) in [6.07, 6.45) is 0. The predicted octanol–water partition coefficient (Wildman–Crippen LogP) is 4.46. The van der Waals surface area contributed by atoms with Crippen LogP contribution in [0, 0.1) is 12.7 Å². The molecular weight excluding hydrogens is 391 g/mol. The lowest BCUT2D eigenvalue weighted by Gasteiger charge is -2.08. The zero-order valence-electron chi connectivity index (χ0n) is 15.5. The van der Waals surface area contributed by atoms with Crippen molar-refractivity contribution in [1.29, 1.82) is 0 Å². The van der Waals surface area contributed by atoms with E-state index >= 15 is 0 Å². The van der Waals surface area contributed by atoms with E-state index in [1.165, 1.54) is 23.5 Å². The highest BCUT2D eigenvalue weighted by atomic mass is 32.1. The number of para-hydroxylation sites is 1. The number of nitrogens with one attached hydrogen (secondary N) is 1. The number of rotatable bonds is 6. The molecule has 29 heavy (non-hydrogen) atoms. The molecule has 2 aromatic heterocycles. The van der Waals surface area contributed by atoms with Gasteiger partial charge in [0.2, 0.25) is 5.13 Å². The van der Waals surface area contributed by atoms with Crippen LogP contribution in [0.15, 0.2) is 66.0 Å². The van der Waals surface area contributed by atoms with Crippen molar-refractivity contribution >= 4 is 23.1 Å².